The van der Waals surface area contributed by atoms with Gasteiger partial charge in [0.05, 0.1) is 0 Å². The fourth-order valence-corrected chi connectivity index (χ4v) is 5.39. The zero-order chi connectivity index (χ0) is 19.7. The highest BCUT2D eigenvalue weighted by atomic mass is 32.2. The number of fused-ring (bicyclic) bond motifs is 1. The van der Waals surface area contributed by atoms with Crippen molar-refractivity contribution in [2.45, 2.75) is 23.9 Å². The van der Waals surface area contributed by atoms with E-state index in [0.717, 1.165) is 21.5 Å². The van der Waals surface area contributed by atoms with Crippen LogP contribution in [0.4, 0.5) is 9.52 Å². The van der Waals surface area contributed by atoms with Gasteiger partial charge in [-0.3, -0.25) is 4.79 Å². The van der Waals surface area contributed by atoms with Crippen molar-refractivity contribution in [1.29, 1.82) is 0 Å². The summed E-state index contributed by atoms with van der Waals surface area (Å²) in [4.78, 5) is 16.5. The van der Waals surface area contributed by atoms with Crippen molar-refractivity contribution < 1.29 is 17.6 Å². The zero-order valence-electron chi connectivity index (χ0n) is 14.6. The number of anilines is 1. The number of hydrogen-bond acceptors (Lipinski definition) is 5. The number of halogens is 1. The molecule has 1 aliphatic rings. The summed E-state index contributed by atoms with van der Waals surface area (Å²) in [7, 11) is -4.23. The number of hydrogen-bond donors (Lipinski definition) is 1. The minimum Gasteiger partial charge on any atom is -0.301 e. The summed E-state index contributed by atoms with van der Waals surface area (Å²) in [5, 5.41) is 4.75. The Morgan fingerprint density at radius 2 is 1.86 bits per heavy atom. The third-order valence-corrected chi connectivity index (χ3v) is 7.17. The second-order valence-corrected chi connectivity index (χ2v) is 9.05. The van der Waals surface area contributed by atoms with E-state index in [4.69, 9.17) is 0 Å². The van der Waals surface area contributed by atoms with E-state index in [1.165, 1.54) is 29.5 Å². The van der Waals surface area contributed by atoms with Crippen molar-refractivity contribution in [2.75, 3.05) is 5.32 Å². The first-order chi connectivity index (χ1) is 13.5. The molecule has 0 unspecified atom stereocenters. The van der Waals surface area contributed by atoms with E-state index < -0.39 is 32.7 Å². The van der Waals surface area contributed by atoms with Crippen LogP contribution in [0.2, 0.25) is 0 Å². The second kappa shape index (κ2) is 7.42. The van der Waals surface area contributed by atoms with Crippen LogP contribution >= 0.6 is 11.3 Å². The molecule has 6 nitrogen and oxygen atoms in total. The van der Waals surface area contributed by atoms with Crippen LogP contribution < -0.4 is 5.32 Å². The molecule has 1 amide bonds. The lowest BCUT2D eigenvalue weighted by Gasteiger charge is -2.34. The van der Waals surface area contributed by atoms with E-state index >= 15 is 0 Å². The molecule has 0 radical (unpaired) electrons. The van der Waals surface area contributed by atoms with Crippen molar-refractivity contribution in [3.8, 4) is 0 Å². The van der Waals surface area contributed by atoms with E-state index in [-0.39, 0.29) is 13.0 Å². The lowest BCUT2D eigenvalue weighted by atomic mass is 9.95. The highest BCUT2D eigenvalue weighted by Gasteiger charge is 2.40. The van der Waals surface area contributed by atoms with Gasteiger partial charge in [-0.05, 0) is 29.7 Å². The largest absolute Gasteiger partial charge is 0.301 e. The van der Waals surface area contributed by atoms with Gasteiger partial charge < -0.3 is 5.32 Å². The summed E-state index contributed by atoms with van der Waals surface area (Å²) in [5.74, 6) is -1.34. The number of rotatable bonds is 4. The number of carbonyl (C=O) groups is 1. The van der Waals surface area contributed by atoms with Crippen molar-refractivity contribution in [3.63, 3.8) is 0 Å². The number of sulfonamides is 1. The van der Waals surface area contributed by atoms with Gasteiger partial charge in [-0.1, -0.05) is 36.4 Å². The summed E-state index contributed by atoms with van der Waals surface area (Å²) in [6.45, 7) is -0.0111. The number of nitrogens with zero attached hydrogens (tertiary/aromatic N) is 2. The Morgan fingerprint density at radius 1 is 1.14 bits per heavy atom. The van der Waals surface area contributed by atoms with E-state index in [9.17, 15) is 17.6 Å². The molecule has 2 heterocycles. The summed E-state index contributed by atoms with van der Waals surface area (Å²) in [6, 6.07) is 11.5. The van der Waals surface area contributed by atoms with Crippen LogP contribution in [-0.2, 0) is 27.8 Å². The molecule has 4 rings (SSSR count). The molecular weight excluding hydrogens is 401 g/mol. The molecule has 0 aliphatic carbocycles. The van der Waals surface area contributed by atoms with Gasteiger partial charge in [0.25, 0.3) is 0 Å². The molecular formula is C19H16FN3O3S2. The molecule has 1 N–H and O–H groups in total. The van der Waals surface area contributed by atoms with Gasteiger partial charge in [0.15, 0.2) is 5.13 Å². The minimum atomic E-state index is -4.23. The van der Waals surface area contributed by atoms with Gasteiger partial charge in [0.2, 0.25) is 15.9 Å². The van der Waals surface area contributed by atoms with Gasteiger partial charge in [-0.15, -0.1) is 11.3 Å². The third kappa shape index (κ3) is 3.44. The van der Waals surface area contributed by atoms with Gasteiger partial charge >= 0.3 is 0 Å². The van der Waals surface area contributed by atoms with E-state index in [2.05, 4.69) is 10.3 Å². The van der Waals surface area contributed by atoms with Crippen LogP contribution in [0.1, 0.15) is 11.1 Å². The quantitative estimate of drug-likeness (QED) is 0.708. The molecule has 9 heteroatoms. The maximum atomic E-state index is 14.3. The Balaban J connectivity index is 1.75. The van der Waals surface area contributed by atoms with Gasteiger partial charge in [-0.25, -0.2) is 17.8 Å². The number of carbonyl (C=O) groups excluding carboxylic acids is 1. The monoisotopic (exact) mass is 417 g/mol. The number of amides is 1. The standard InChI is InChI=1S/C19H16FN3O3S2/c20-15-7-3-4-8-17(15)28(25,26)23-12-14-6-2-1-5-13(14)11-16(23)18(24)22-19-21-9-10-27-19/h1-10,16H,11-12H2,(H,21,22,24)/t16-/m0/s1. The Hall–Kier alpha value is -2.62. The molecule has 1 aromatic heterocycles. The molecule has 0 fully saturated rings. The average molecular weight is 417 g/mol. The SMILES string of the molecule is O=C(Nc1nccs1)[C@@H]1Cc2ccccc2CN1S(=O)(=O)c1ccccc1F. The second-order valence-electron chi connectivity index (χ2n) is 6.30. The fraction of sp³-hybridized carbons (Fsp3) is 0.158. The predicted octanol–water partition coefficient (Wildman–Crippen LogP) is 3.04. The summed E-state index contributed by atoms with van der Waals surface area (Å²) >= 11 is 1.24. The van der Waals surface area contributed by atoms with E-state index in [1.54, 1.807) is 11.6 Å². The molecule has 144 valence electrons. The topological polar surface area (TPSA) is 79.4 Å². The summed E-state index contributed by atoms with van der Waals surface area (Å²) < 4.78 is 41.8. The molecule has 28 heavy (non-hydrogen) atoms. The van der Waals surface area contributed by atoms with Crippen molar-refractivity contribution >= 4 is 32.4 Å². The minimum absolute atomic E-state index is 0.0111. The number of benzene rings is 2. The van der Waals surface area contributed by atoms with Crippen LogP contribution in [0.25, 0.3) is 0 Å². The Morgan fingerprint density at radius 3 is 2.57 bits per heavy atom. The molecule has 0 saturated carbocycles. The lowest BCUT2D eigenvalue weighted by Crippen LogP contribution is -2.50. The average Bonchev–Trinajstić information content (AvgIpc) is 3.20. The van der Waals surface area contributed by atoms with Crippen molar-refractivity contribution in [1.82, 2.24) is 9.29 Å². The molecule has 0 spiro atoms. The molecule has 1 aliphatic heterocycles. The smallest absolute Gasteiger partial charge is 0.247 e. The van der Waals surface area contributed by atoms with Crippen LogP contribution in [-0.4, -0.2) is 29.7 Å². The maximum Gasteiger partial charge on any atom is 0.247 e. The van der Waals surface area contributed by atoms with Gasteiger partial charge in [-0.2, -0.15) is 4.31 Å². The highest BCUT2D eigenvalue weighted by Crippen LogP contribution is 2.30. The summed E-state index contributed by atoms with van der Waals surface area (Å²) in [6.07, 6.45) is 1.74. The molecule has 1 atom stereocenters. The van der Waals surface area contributed by atoms with Gasteiger partial charge in [0.1, 0.15) is 16.8 Å². The Bertz CT molecular complexity index is 1120. The molecule has 3 aromatic rings. The maximum absolute atomic E-state index is 14.3. The lowest BCUT2D eigenvalue weighted by molar-refractivity contribution is -0.120. The van der Waals surface area contributed by atoms with Crippen molar-refractivity contribution in [3.05, 3.63) is 77.1 Å². The first kappa shape index (κ1) is 18.7. The first-order valence-electron chi connectivity index (χ1n) is 8.50. The van der Waals surface area contributed by atoms with Crippen LogP contribution in [0.5, 0.6) is 0 Å². The number of thiazole rings is 1. The highest BCUT2D eigenvalue weighted by molar-refractivity contribution is 7.89. The zero-order valence-corrected chi connectivity index (χ0v) is 16.2. The third-order valence-electron chi connectivity index (χ3n) is 4.59. The van der Waals surface area contributed by atoms with Gasteiger partial charge in [0, 0.05) is 18.1 Å². The first-order valence-corrected chi connectivity index (χ1v) is 10.8. The molecule has 2 aromatic carbocycles. The van der Waals surface area contributed by atoms with E-state index in [1.807, 2.05) is 24.3 Å². The number of aromatic nitrogens is 1. The number of nitrogens with one attached hydrogen (secondary N) is 1. The van der Waals surface area contributed by atoms with Crippen molar-refractivity contribution in [2.24, 2.45) is 0 Å². The van der Waals surface area contributed by atoms with E-state index in [0.29, 0.717) is 5.13 Å². The normalized spacial score (nSPS) is 17.1. The molecule has 0 saturated heterocycles. The Kier molecular flexibility index (Phi) is 4.96. The van der Waals surface area contributed by atoms with Crippen LogP contribution in [0.3, 0.4) is 0 Å². The Labute approximate surface area is 165 Å². The van der Waals surface area contributed by atoms with Crippen LogP contribution in [0, 0.1) is 5.82 Å². The fourth-order valence-electron chi connectivity index (χ4n) is 3.23. The van der Waals surface area contributed by atoms with Crippen LogP contribution in [0.15, 0.2) is 65.0 Å². The predicted molar refractivity (Wildman–Crippen MR) is 104 cm³/mol. The summed E-state index contributed by atoms with van der Waals surface area (Å²) in [5.41, 5.74) is 1.68. The molecule has 0 bridgehead atoms.